The van der Waals surface area contributed by atoms with Gasteiger partial charge in [0.25, 0.3) is 0 Å². The summed E-state index contributed by atoms with van der Waals surface area (Å²) in [6.07, 6.45) is 21.0. The monoisotopic (exact) mass is 494 g/mol. The van der Waals surface area contributed by atoms with Crippen molar-refractivity contribution in [2.24, 2.45) is 11.8 Å². The highest BCUT2D eigenvalue weighted by molar-refractivity contribution is 5.74. The van der Waals surface area contributed by atoms with Gasteiger partial charge in [0, 0.05) is 5.92 Å². The number of carbonyl (C=O) groups excluding carboxylic acids is 1. The number of esters is 1. The van der Waals surface area contributed by atoms with E-state index >= 15 is 0 Å². The third-order valence-electron chi connectivity index (χ3n) is 7.42. The number of nitrogens with zero attached hydrogens (tertiary/aromatic N) is 2. The van der Waals surface area contributed by atoms with Crippen molar-refractivity contribution in [2.75, 3.05) is 6.61 Å². The first kappa shape index (κ1) is 28.1. The molecule has 5 heteroatoms. The van der Waals surface area contributed by atoms with Crippen molar-refractivity contribution >= 4 is 5.97 Å². The van der Waals surface area contributed by atoms with Crippen molar-refractivity contribution in [3.63, 3.8) is 0 Å². The number of aromatic nitrogens is 2. The molecule has 0 saturated heterocycles. The number of ether oxygens (including phenoxy) is 2. The van der Waals surface area contributed by atoms with E-state index in [1.165, 1.54) is 57.8 Å². The normalized spacial score (nSPS) is 15.5. The highest BCUT2D eigenvalue weighted by Crippen LogP contribution is 2.30. The standard InChI is InChI=1S/C31H46N2O3/c1-3-4-18-27(22-25(2)31(34)36-28-19-10-8-11-20-28)30-32-23-29(24-33-30)35-21-14-7-5-6-9-15-26-16-12-13-17-26/h8,10-11,19-20,23-27H,3-7,9,12-18,21-22H2,1-2H3. The summed E-state index contributed by atoms with van der Waals surface area (Å²) in [7, 11) is 0. The van der Waals surface area contributed by atoms with Crippen LogP contribution in [0.25, 0.3) is 0 Å². The van der Waals surface area contributed by atoms with Crippen molar-refractivity contribution in [1.82, 2.24) is 9.97 Å². The quantitative estimate of drug-likeness (QED) is 0.126. The van der Waals surface area contributed by atoms with Crippen LogP contribution in [0.5, 0.6) is 11.5 Å². The van der Waals surface area contributed by atoms with Gasteiger partial charge in [0.2, 0.25) is 0 Å². The smallest absolute Gasteiger partial charge is 0.314 e. The molecule has 2 aromatic rings. The van der Waals surface area contributed by atoms with E-state index in [0.29, 0.717) is 18.8 Å². The predicted molar refractivity (Wildman–Crippen MR) is 145 cm³/mol. The molecule has 1 aliphatic rings. The molecule has 1 aliphatic carbocycles. The number of para-hydroxylation sites is 1. The van der Waals surface area contributed by atoms with Gasteiger partial charge in [-0.25, -0.2) is 9.97 Å². The summed E-state index contributed by atoms with van der Waals surface area (Å²) in [6.45, 7) is 4.82. The number of unbranched alkanes of at least 4 members (excludes halogenated alkanes) is 5. The van der Waals surface area contributed by atoms with Gasteiger partial charge in [-0.2, -0.15) is 0 Å². The SMILES string of the molecule is CCCCC(CC(C)C(=O)Oc1ccccc1)c1ncc(OCCCCCCCC2CCCC2)cn1. The highest BCUT2D eigenvalue weighted by atomic mass is 16.5. The Hall–Kier alpha value is -2.43. The molecule has 2 unspecified atom stereocenters. The van der Waals surface area contributed by atoms with Crippen molar-refractivity contribution in [3.05, 3.63) is 48.5 Å². The maximum atomic E-state index is 12.6. The molecule has 0 spiro atoms. The summed E-state index contributed by atoms with van der Waals surface area (Å²) in [5, 5.41) is 0. The van der Waals surface area contributed by atoms with E-state index in [1.54, 1.807) is 24.5 Å². The fourth-order valence-electron chi connectivity index (χ4n) is 5.20. The van der Waals surface area contributed by atoms with Crippen LogP contribution in [0, 0.1) is 11.8 Å². The van der Waals surface area contributed by atoms with Gasteiger partial charge in [-0.1, -0.05) is 103 Å². The van der Waals surface area contributed by atoms with E-state index < -0.39 is 0 Å². The second-order valence-corrected chi connectivity index (χ2v) is 10.5. The lowest BCUT2D eigenvalue weighted by Crippen LogP contribution is -2.21. The van der Waals surface area contributed by atoms with E-state index in [1.807, 2.05) is 25.1 Å². The molecule has 1 heterocycles. The van der Waals surface area contributed by atoms with Gasteiger partial charge >= 0.3 is 5.97 Å². The number of benzene rings is 1. The molecule has 1 aromatic heterocycles. The average molecular weight is 495 g/mol. The maximum absolute atomic E-state index is 12.6. The Morgan fingerprint density at radius 3 is 2.36 bits per heavy atom. The van der Waals surface area contributed by atoms with E-state index in [0.717, 1.165) is 43.2 Å². The Kier molecular flexibility index (Phi) is 12.8. The second-order valence-electron chi connectivity index (χ2n) is 10.5. The molecule has 1 fully saturated rings. The zero-order chi connectivity index (χ0) is 25.4. The first-order chi connectivity index (χ1) is 17.7. The van der Waals surface area contributed by atoms with Gasteiger partial charge in [0.1, 0.15) is 11.6 Å². The highest BCUT2D eigenvalue weighted by Gasteiger charge is 2.23. The van der Waals surface area contributed by atoms with Crippen LogP contribution in [0.4, 0.5) is 0 Å². The third kappa shape index (κ3) is 10.3. The molecule has 1 saturated carbocycles. The summed E-state index contributed by atoms with van der Waals surface area (Å²) < 4.78 is 11.4. The number of carbonyl (C=O) groups is 1. The van der Waals surface area contributed by atoms with Crippen LogP contribution in [0.3, 0.4) is 0 Å². The molecule has 5 nitrogen and oxygen atoms in total. The predicted octanol–water partition coefficient (Wildman–Crippen LogP) is 8.29. The van der Waals surface area contributed by atoms with Crippen molar-refractivity contribution in [1.29, 1.82) is 0 Å². The Labute approximate surface area is 218 Å². The van der Waals surface area contributed by atoms with E-state index in [2.05, 4.69) is 16.9 Å². The van der Waals surface area contributed by atoms with Gasteiger partial charge in [-0.15, -0.1) is 0 Å². The van der Waals surface area contributed by atoms with E-state index in [9.17, 15) is 4.79 Å². The van der Waals surface area contributed by atoms with Gasteiger partial charge in [-0.05, 0) is 37.3 Å². The topological polar surface area (TPSA) is 61.3 Å². The second kappa shape index (κ2) is 16.3. The molecule has 1 aromatic carbocycles. The van der Waals surface area contributed by atoms with Crippen LogP contribution in [0.15, 0.2) is 42.7 Å². The molecule has 2 atom stereocenters. The molecule has 0 amide bonds. The third-order valence-corrected chi connectivity index (χ3v) is 7.42. The van der Waals surface area contributed by atoms with Crippen molar-refractivity contribution in [2.45, 2.75) is 110 Å². The van der Waals surface area contributed by atoms with Gasteiger partial charge < -0.3 is 9.47 Å². The lowest BCUT2D eigenvalue weighted by atomic mass is 9.90. The Bertz CT molecular complexity index is 850. The number of rotatable bonds is 17. The molecule has 0 aliphatic heterocycles. The van der Waals surface area contributed by atoms with Crippen LogP contribution in [0.1, 0.15) is 115 Å². The molecule has 198 valence electrons. The lowest BCUT2D eigenvalue weighted by Gasteiger charge is -2.19. The lowest BCUT2D eigenvalue weighted by molar-refractivity contribution is -0.138. The van der Waals surface area contributed by atoms with Crippen LogP contribution in [-0.4, -0.2) is 22.5 Å². The summed E-state index contributed by atoms with van der Waals surface area (Å²) in [4.78, 5) is 21.8. The largest absolute Gasteiger partial charge is 0.490 e. The molecule has 0 N–H and O–H groups in total. The minimum absolute atomic E-state index is 0.126. The minimum atomic E-state index is -0.232. The first-order valence-corrected chi connectivity index (χ1v) is 14.4. The molecule has 36 heavy (non-hydrogen) atoms. The fraction of sp³-hybridized carbons (Fsp3) is 0.645. The van der Waals surface area contributed by atoms with Gasteiger partial charge in [0.05, 0.1) is 24.9 Å². The van der Waals surface area contributed by atoms with Crippen molar-refractivity contribution < 1.29 is 14.3 Å². The molecular formula is C31H46N2O3. The van der Waals surface area contributed by atoms with E-state index in [-0.39, 0.29) is 17.8 Å². The van der Waals surface area contributed by atoms with Crippen LogP contribution in [-0.2, 0) is 4.79 Å². The molecular weight excluding hydrogens is 448 g/mol. The first-order valence-electron chi connectivity index (χ1n) is 14.4. The summed E-state index contributed by atoms with van der Waals surface area (Å²) in [6, 6.07) is 9.25. The van der Waals surface area contributed by atoms with Crippen LogP contribution in [0.2, 0.25) is 0 Å². The number of hydrogen-bond donors (Lipinski definition) is 0. The number of hydrogen-bond acceptors (Lipinski definition) is 5. The fourth-order valence-corrected chi connectivity index (χ4v) is 5.20. The Morgan fingerprint density at radius 1 is 0.944 bits per heavy atom. The van der Waals surface area contributed by atoms with Crippen LogP contribution >= 0.6 is 0 Å². The Morgan fingerprint density at radius 2 is 1.64 bits per heavy atom. The summed E-state index contributed by atoms with van der Waals surface area (Å²) in [5.41, 5.74) is 0. The van der Waals surface area contributed by atoms with Gasteiger partial charge in [0.15, 0.2) is 5.75 Å². The maximum Gasteiger partial charge on any atom is 0.314 e. The average Bonchev–Trinajstić information content (AvgIpc) is 3.42. The van der Waals surface area contributed by atoms with Crippen LogP contribution < -0.4 is 9.47 Å². The molecule has 0 radical (unpaired) electrons. The summed E-state index contributed by atoms with van der Waals surface area (Å²) >= 11 is 0. The molecule has 3 rings (SSSR count). The minimum Gasteiger partial charge on any atom is -0.490 e. The van der Waals surface area contributed by atoms with E-state index in [4.69, 9.17) is 9.47 Å². The van der Waals surface area contributed by atoms with Crippen molar-refractivity contribution in [3.8, 4) is 11.5 Å². The zero-order valence-corrected chi connectivity index (χ0v) is 22.5. The Balaban J connectivity index is 1.37. The molecule has 0 bridgehead atoms. The summed E-state index contributed by atoms with van der Waals surface area (Å²) in [5.74, 6) is 2.81. The zero-order valence-electron chi connectivity index (χ0n) is 22.5. The van der Waals surface area contributed by atoms with Gasteiger partial charge in [-0.3, -0.25) is 4.79 Å².